The summed E-state index contributed by atoms with van der Waals surface area (Å²) < 4.78 is 39.2. The molecule has 0 radical (unpaired) electrons. The molecule has 0 spiro atoms. The minimum absolute atomic E-state index is 0.0983. The van der Waals surface area contributed by atoms with Crippen molar-refractivity contribution in [2.45, 2.75) is 37.3 Å². The maximum absolute atomic E-state index is 12.9. The number of nitrogen functional groups attached to an aromatic ring is 1. The SMILES string of the molecule is CC(O)CC(C)NS(=O)(=O)c1ccc(F)c(N)c1. The maximum Gasteiger partial charge on any atom is 0.240 e. The van der Waals surface area contributed by atoms with Gasteiger partial charge >= 0.3 is 0 Å². The lowest BCUT2D eigenvalue weighted by atomic mass is 10.2. The van der Waals surface area contributed by atoms with Crippen LogP contribution in [0.3, 0.4) is 0 Å². The first-order chi connectivity index (χ1) is 8.22. The summed E-state index contributed by atoms with van der Waals surface area (Å²) in [6.07, 6.45) is -0.323. The van der Waals surface area contributed by atoms with Crippen molar-refractivity contribution in [3.63, 3.8) is 0 Å². The molecule has 18 heavy (non-hydrogen) atoms. The fourth-order valence-electron chi connectivity index (χ4n) is 1.58. The Labute approximate surface area is 106 Å². The third-order valence-electron chi connectivity index (χ3n) is 2.33. The van der Waals surface area contributed by atoms with Gasteiger partial charge in [0.15, 0.2) is 0 Å². The topological polar surface area (TPSA) is 92.4 Å². The zero-order chi connectivity index (χ0) is 13.9. The number of nitrogens with two attached hydrogens (primary N) is 1. The zero-order valence-corrected chi connectivity index (χ0v) is 11.0. The summed E-state index contributed by atoms with van der Waals surface area (Å²) >= 11 is 0. The van der Waals surface area contributed by atoms with Gasteiger partial charge in [0.2, 0.25) is 10.0 Å². The van der Waals surface area contributed by atoms with E-state index in [1.807, 2.05) is 0 Å². The van der Waals surface area contributed by atoms with Gasteiger partial charge in [-0.25, -0.2) is 17.5 Å². The van der Waals surface area contributed by atoms with Crippen LogP contribution in [0.15, 0.2) is 23.1 Å². The predicted molar refractivity (Wildman–Crippen MR) is 66.9 cm³/mol. The van der Waals surface area contributed by atoms with E-state index in [0.717, 1.165) is 18.2 Å². The average molecular weight is 276 g/mol. The molecular formula is C11H17FN2O3S. The molecule has 2 unspecified atom stereocenters. The number of hydrogen-bond acceptors (Lipinski definition) is 4. The van der Waals surface area contributed by atoms with Crippen LogP contribution in [0.4, 0.5) is 10.1 Å². The van der Waals surface area contributed by atoms with Gasteiger partial charge in [0, 0.05) is 6.04 Å². The molecule has 4 N–H and O–H groups in total. The fourth-order valence-corrected chi connectivity index (χ4v) is 2.87. The highest BCUT2D eigenvalue weighted by atomic mass is 32.2. The van der Waals surface area contributed by atoms with E-state index in [0.29, 0.717) is 0 Å². The van der Waals surface area contributed by atoms with E-state index < -0.39 is 28.0 Å². The summed E-state index contributed by atoms with van der Waals surface area (Å²) in [5, 5.41) is 9.17. The molecule has 0 heterocycles. The number of hydrogen-bond donors (Lipinski definition) is 3. The summed E-state index contributed by atoms with van der Waals surface area (Å²) in [5.41, 5.74) is 5.10. The minimum atomic E-state index is -3.75. The summed E-state index contributed by atoms with van der Waals surface area (Å²) in [6, 6.07) is 2.78. The molecule has 0 bridgehead atoms. The summed E-state index contributed by atoms with van der Waals surface area (Å²) in [7, 11) is -3.75. The number of aliphatic hydroxyl groups excluding tert-OH is 1. The molecule has 0 amide bonds. The third-order valence-corrected chi connectivity index (χ3v) is 3.92. The molecule has 1 rings (SSSR count). The molecule has 0 saturated carbocycles. The molecule has 1 aromatic rings. The molecule has 0 saturated heterocycles. The first-order valence-corrected chi connectivity index (χ1v) is 6.96. The van der Waals surface area contributed by atoms with Gasteiger partial charge in [0.05, 0.1) is 16.7 Å². The van der Waals surface area contributed by atoms with Crippen LogP contribution in [0.25, 0.3) is 0 Å². The second-order valence-corrected chi connectivity index (χ2v) is 6.00. The van der Waals surface area contributed by atoms with Crippen molar-refractivity contribution in [2.24, 2.45) is 0 Å². The van der Waals surface area contributed by atoms with Crippen LogP contribution in [0.1, 0.15) is 20.3 Å². The Hall–Kier alpha value is -1.18. The normalized spacial score (nSPS) is 15.3. The average Bonchev–Trinajstić information content (AvgIpc) is 2.19. The van der Waals surface area contributed by atoms with E-state index >= 15 is 0 Å². The number of aliphatic hydroxyl groups is 1. The van der Waals surface area contributed by atoms with E-state index in [9.17, 15) is 12.8 Å². The van der Waals surface area contributed by atoms with Crippen LogP contribution in [-0.4, -0.2) is 25.7 Å². The Kier molecular flexibility index (Phi) is 4.66. The number of rotatable bonds is 5. The minimum Gasteiger partial charge on any atom is -0.396 e. The van der Waals surface area contributed by atoms with Gasteiger partial charge in [-0.15, -0.1) is 0 Å². The van der Waals surface area contributed by atoms with Gasteiger partial charge in [0.25, 0.3) is 0 Å². The van der Waals surface area contributed by atoms with Gasteiger partial charge in [0.1, 0.15) is 5.82 Å². The molecule has 0 aliphatic heterocycles. The lowest BCUT2D eigenvalue weighted by Crippen LogP contribution is -2.34. The number of sulfonamides is 1. The Bertz CT molecular complexity index is 517. The number of nitrogens with one attached hydrogen (secondary N) is 1. The molecule has 102 valence electrons. The van der Waals surface area contributed by atoms with Crippen LogP contribution in [0.2, 0.25) is 0 Å². The van der Waals surface area contributed by atoms with Crippen molar-refractivity contribution in [3.8, 4) is 0 Å². The van der Waals surface area contributed by atoms with E-state index in [-0.39, 0.29) is 17.0 Å². The highest BCUT2D eigenvalue weighted by molar-refractivity contribution is 7.89. The molecule has 0 aromatic heterocycles. The summed E-state index contributed by atoms with van der Waals surface area (Å²) in [5.74, 6) is -0.661. The quantitative estimate of drug-likeness (QED) is 0.695. The highest BCUT2D eigenvalue weighted by Gasteiger charge is 2.19. The fraction of sp³-hybridized carbons (Fsp3) is 0.455. The van der Waals surface area contributed by atoms with Crippen molar-refractivity contribution < 1.29 is 17.9 Å². The first kappa shape index (κ1) is 14.9. The Morgan fingerprint density at radius 2 is 2.06 bits per heavy atom. The van der Waals surface area contributed by atoms with Crippen molar-refractivity contribution in [1.29, 1.82) is 0 Å². The van der Waals surface area contributed by atoms with Crippen molar-refractivity contribution in [2.75, 3.05) is 5.73 Å². The van der Waals surface area contributed by atoms with Gasteiger partial charge < -0.3 is 10.8 Å². The Morgan fingerprint density at radius 1 is 1.44 bits per heavy atom. The van der Waals surface area contributed by atoms with E-state index in [2.05, 4.69) is 4.72 Å². The number of benzene rings is 1. The van der Waals surface area contributed by atoms with Gasteiger partial charge in [-0.05, 0) is 38.5 Å². The third kappa shape index (κ3) is 3.94. The van der Waals surface area contributed by atoms with Crippen LogP contribution in [-0.2, 0) is 10.0 Å². The van der Waals surface area contributed by atoms with Crippen molar-refractivity contribution in [3.05, 3.63) is 24.0 Å². The predicted octanol–water partition coefficient (Wildman–Crippen LogP) is 0.846. The largest absolute Gasteiger partial charge is 0.396 e. The van der Waals surface area contributed by atoms with Gasteiger partial charge in [-0.2, -0.15) is 0 Å². The van der Waals surface area contributed by atoms with Crippen LogP contribution < -0.4 is 10.5 Å². The molecule has 5 nitrogen and oxygen atoms in total. The zero-order valence-electron chi connectivity index (χ0n) is 10.2. The van der Waals surface area contributed by atoms with Gasteiger partial charge in [-0.3, -0.25) is 0 Å². The molecule has 2 atom stereocenters. The van der Waals surface area contributed by atoms with Gasteiger partial charge in [-0.1, -0.05) is 0 Å². The standard InChI is InChI=1S/C11H17FN2O3S/c1-7(5-8(2)15)14-18(16,17)9-3-4-10(12)11(13)6-9/h3-4,6-8,14-15H,5,13H2,1-2H3. The van der Waals surface area contributed by atoms with Crippen LogP contribution in [0.5, 0.6) is 0 Å². The molecule has 1 aromatic carbocycles. The second-order valence-electron chi connectivity index (χ2n) is 4.29. The second kappa shape index (κ2) is 5.64. The summed E-state index contributed by atoms with van der Waals surface area (Å²) in [4.78, 5) is -0.0983. The number of halogens is 1. The van der Waals surface area contributed by atoms with E-state index in [4.69, 9.17) is 10.8 Å². The van der Waals surface area contributed by atoms with Crippen molar-refractivity contribution >= 4 is 15.7 Å². The van der Waals surface area contributed by atoms with E-state index in [1.165, 1.54) is 0 Å². The van der Waals surface area contributed by atoms with E-state index in [1.54, 1.807) is 13.8 Å². The van der Waals surface area contributed by atoms with Crippen LogP contribution >= 0.6 is 0 Å². The lowest BCUT2D eigenvalue weighted by molar-refractivity contribution is 0.175. The molecular weight excluding hydrogens is 259 g/mol. The Balaban J connectivity index is 2.89. The lowest BCUT2D eigenvalue weighted by Gasteiger charge is -2.15. The first-order valence-electron chi connectivity index (χ1n) is 5.48. The smallest absolute Gasteiger partial charge is 0.240 e. The Morgan fingerprint density at radius 3 is 2.56 bits per heavy atom. The monoisotopic (exact) mass is 276 g/mol. The molecule has 0 aliphatic rings. The molecule has 0 aliphatic carbocycles. The molecule has 7 heteroatoms. The summed E-state index contributed by atoms with van der Waals surface area (Å²) in [6.45, 7) is 3.21. The number of anilines is 1. The van der Waals surface area contributed by atoms with Crippen molar-refractivity contribution in [1.82, 2.24) is 4.72 Å². The maximum atomic E-state index is 12.9. The highest BCUT2D eigenvalue weighted by Crippen LogP contribution is 2.17. The molecule has 0 fully saturated rings. The van der Waals surface area contributed by atoms with Crippen LogP contribution in [0, 0.1) is 5.82 Å².